The molecular formula is C33H37N7O. The van der Waals surface area contributed by atoms with Crippen molar-refractivity contribution in [3.8, 4) is 16.9 Å². The third-order valence-electron chi connectivity index (χ3n) is 7.93. The van der Waals surface area contributed by atoms with Crippen molar-refractivity contribution < 1.29 is 4.79 Å². The second-order valence-electron chi connectivity index (χ2n) is 12.0. The van der Waals surface area contributed by atoms with E-state index in [9.17, 15) is 4.79 Å². The third-order valence-corrected chi connectivity index (χ3v) is 7.93. The first-order valence-electron chi connectivity index (χ1n) is 14.1. The van der Waals surface area contributed by atoms with Gasteiger partial charge in [0.1, 0.15) is 0 Å². The number of carbonyl (C=O) groups is 1. The van der Waals surface area contributed by atoms with E-state index in [1.807, 2.05) is 67.1 Å². The average Bonchev–Trinajstić information content (AvgIpc) is 3.57. The van der Waals surface area contributed by atoms with Crippen molar-refractivity contribution in [3.63, 3.8) is 0 Å². The highest BCUT2D eigenvalue weighted by atomic mass is 16.1. The predicted molar refractivity (Wildman–Crippen MR) is 165 cm³/mol. The van der Waals surface area contributed by atoms with E-state index in [1.165, 1.54) is 0 Å². The number of hydrogen-bond acceptors (Lipinski definition) is 5. The topological polar surface area (TPSA) is 70.7 Å². The quantitative estimate of drug-likeness (QED) is 0.301. The molecule has 2 aromatic carbocycles. The zero-order chi connectivity index (χ0) is 28.7. The molecule has 1 N–H and O–H groups in total. The molecule has 0 atom stereocenters. The van der Waals surface area contributed by atoms with Crippen LogP contribution in [-0.4, -0.2) is 63.2 Å². The molecular weight excluding hydrogens is 510 g/mol. The van der Waals surface area contributed by atoms with Gasteiger partial charge in [-0.3, -0.25) is 14.5 Å². The van der Waals surface area contributed by atoms with Crippen LogP contribution in [0.1, 0.15) is 42.3 Å². The number of fused-ring (bicyclic) bond motifs is 1. The van der Waals surface area contributed by atoms with Gasteiger partial charge in [-0.15, -0.1) is 0 Å². The molecule has 0 bridgehead atoms. The first-order valence-corrected chi connectivity index (χ1v) is 14.1. The molecule has 3 aromatic heterocycles. The summed E-state index contributed by atoms with van der Waals surface area (Å²) in [6.45, 7) is 12.6. The number of likely N-dealkylation sites (N-methyl/N-ethyl adjacent to an activating group) is 1. The Balaban J connectivity index is 1.33. The second kappa shape index (κ2) is 10.5. The number of aromatic nitrogens is 4. The smallest absolute Gasteiger partial charge is 0.255 e. The van der Waals surface area contributed by atoms with Gasteiger partial charge in [-0.2, -0.15) is 0 Å². The average molecular weight is 548 g/mol. The summed E-state index contributed by atoms with van der Waals surface area (Å²) in [5.41, 5.74) is 8.41. The fraction of sp³-hybridized carbons (Fsp3) is 0.303. The Morgan fingerprint density at radius 2 is 1.76 bits per heavy atom. The summed E-state index contributed by atoms with van der Waals surface area (Å²) in [4.78, 5) is 27.3. The highest BCUT2D eigenvalue weighted by molar-refractivity contribution is 6.05. The lowest BCUT2D eigenvalue weighted by Gasteiger charge is -2.35. The van der Waals surface area contributed by atoms with E-state index in [1.54, 1.807) is 6.20 Å². The fourth-order valence-electron chi connectivity index (χ4n) is 5.36. The molecule has 4 heterocycles. The van der Waals surface area contributed by atoms with E-state index in [0.29, 0.717) is 5.56 Å². The Labute approximate surface area is 241 Å². The van der Waals surface area contributed by atoms with Gasteiger partial charge in [0.05, 0.1) is 17.6 Å². The van der Waals surface area contributed by atoms with Crippen LogP contribution in [0.25, 0.3) is 22.6 Å². The lowest BCUT2D eigenvalue weighted by atomic mass is 9.85. The Morgan fingerprint density at radius 1 is 0.951 bits per heavy atom. The molecule has 210 valence electrons. The van der Waals surface area contributed by atoms with Crippen LogP contribution >= 0.6 is 0 Å². The van der Waals surface area contributed by atoms with E-state index in [2.05, 4.69) is 75.1 Å². The largest absolute Gasteiger partial charge is 0.369 e. The summed E-state index contributed by atoms with van der Waals surface area (Å²) in [7, 11) is 2.16. The number of piperazine rings is 1. The SMILES string of the molecule is Cc1ccc(NC(=O)c2cc(N3CCN(C)CC3)cc(C(C)(C)C)c2)cc1-n1ccc2ncc(-c3cccnc3)n21. The number of nitrogens with zero attached hydrogens (tertiary/aromatic N) is 6. The number of carbonyl (C=O) groups excluding carboxylic acids is 1. The molecule has 0 unspecified atom stereocenters. The molecule has 0 saturated carbocycles. The lowest BCUT2D eigenvalue weighted by molar-refractivity contribution is 0.102. The summed E-state index contributed by atoms with van der Waals surface area (Å²) in [5.74, 6) is -0.113. The van der Waals surface area contributed by atoms with Crippen molar-refractivity contribution in [3.05, 3.63) is 96.1 Å². The van der Waals surface area contributed by atoms with Gasteiger partial charge in [-0.1, -0.05) is 26.8 Å². The van der Waals surface area contributed by atoms with E-state index in [4.69, 9.17) is 0 Å². The first-order chi connectivity index (χ1) is 19.7. The van der Waals surface area contributed by atoms with Crippen molar-refractivity contribution in [1.29, 1.82) is 0 Å². The molecule has 0 aliphatic carbocycles. The van der Waals surface area contributed by atoms with Gasteiger partial charge < -0.3 is 15.1 Å². The third kappa shape index (κ3) is 5.35. The molecule has 1 saturated heterocycles. The minimum atomic E-state index is -0.113. The van der Waals surface area contributed by atoms with E-state index in [0.717, 1.165) is 71.3 Å². The highest BCUT2D eigenvalue weighted by Gasteiger charge is 2.22. The minimum absolute atomic E-state index is 0.0782. The Hall–Kier alpha value is -4.43. The van der Waals surface area contributed by atoms with Crippen LogP contribution in [-0.2, 0) is 5.41 Å². The van der Waals surface area contributed by atoms with Crippen LogP contribution < -0.4 is 10.2 Å². The maximum Gasteiger partial charge on any atom is 0.255 e. The van der Waals surface area contributed by atoms with Crippen LogP contribution in [0.15, 0.2) is 79.4 Å². The maximum absolute atomic E-state index is 13.7. The molecule has 1 amide bonds. The molecule has 1 fully saturated rings. The van der Waals surface area contributed by atoms with E-state index < -0.39 is 0 Å². The van der Waals surface area contributed by atoms with E-state index in [-0.39, 0.29) is 11.3 Å². The van der Waals surface area contributed by atoms with Gasteiger partial charge >= 0.3 is 0 Å². The summed E-state index contributed by atoms with van der Waals surface area (Å²) in [6, 6.07) is 18.3. The minimum Gasteiger partial charge on any atom is -0.369 e. The Bertz CT molecular complexity index is 1700. The van der Waals surface area contributed by atoms with Crippen LogP contribution in [0.2, 0.25) is 0 Å². The predicted octanol–water partition coefficient (Wildman–Crippen LogP) is 5.80. The fourth-order valence-corrected chi connectivity index (χ4v) is 5.36. The summed E-state index contributed by atoms with van der Waals surface area (Å²) in [6.07, 6.45) is 7.48. The maximum atomic E-state index is 13.7. The zero-order valence-corrected chi connectivity index (χ0v) is 24.4. The molecule has 8 nitrogen and oxygen atoms in total. The standard InChI is InChI=1S/C33H37N7O/c1-23-8-9-27(20-29(23)39-12-10-31-35-22-30(40(31)39)24-7-6-11-34-21-24)36-32(41)25-17-26(33(2,3)4)19-28(18-25)38-15-13-37(5)14-16-38/h6-12,17-22H,13-16H2,1-5H3,(H,36,41). The number of pyridine rings is 1. The van der Waals surface area contributed by atoms with Gasteiger partial charge in [-0.25, -0.2) is 9.50 Å². The second-order valence-corrected chi connectivity index (χ2v) is 12.0. The molecule has 0 spiro atoms. The summed E-state index contributed by atoms with van der Waals surface area (Å²) < 4.78 is 4.14. The monoisotopic (exact) mass is 547 g/mol. The highest BCUT2D eigenvalue weighted by Crippen LogP contribution is 2.30. The normalized spacial score (nSPS) is 14.5. The molecule has 8 heteroatoms. The first kappa shape index (κ1) is 26.8. The number of anilines is 2. The van der Waals surface area contributed by atoms with Crippen molar-refractivity contribution in [1.82, 2.24) is 24.1 Å². The van der Waals surface area contributed by atoms with Gasteiger partial charge in [0.25, 0.3) is 5.91 Å². The molecule has 41 heavy (non-hydrogen) atoms. The number of amides is 1. The molecule has 0 radical (unpaired) electrons. The van der Waals surface area contributed by atoms with Crippen LogP contribution in [0, 0.1) is 6.92 Å². The van der Waals surface area contributed by atoms with Gasteiger partial charge in [0.2, 0.25) is 0 Å². The van der Waals surface area contributed by atoms with E-state index >= 15 is 0 Å². The van der Waals surface area contributed by atoms with Crippen LogP contribution in [0.4, 0.5) is 11.4 Å². The molecule has 1 aliphatic heterocycles. The summed E-state index contributed by atoms with van der Waals surface area (Å²) in [5, 5.41) is 3.18. The van der Waals surface area contributed by atoms with Crippen molar-refractivity contribution in [2.45, 2.75) is 33.1 Å². The Kier molecular flexibility index (Phi) is 6.87. The number of nitrogens with one attached hydrogen (secondary N) is 1. The van der Waals surface area contributed by atoms with Gasteiger partial charge in [0, 0.05) is 73.3 Å². The zero-order valence-electron chi connectivity index (χ0n) is 24.4. The molecule has 6 rings (SSSR count). The summed E-state index contributed by atoms with van der Waals surface area (Å²) >= 11 is 0. The van der Waals surface area contributed by atoms with Crippen molar-refractivity contribution >= 4 is 22.9 Å². The van der Waals surface area contributed by atoms with Gasteiger partial charge in [0.15, 0.2) is 5.65 Å². The Morgan fingerprint density at radius 3 is 2.49 bits per heavy atom. The van der Waals surface area contributed by atoms with Crippen molar-refractivity contribution in [2.75, 3.05) is 43.4 Å². The molecule has 1 aliphatic rings. The lowest BCUT2D eigenvalue weighted by Crippen LogP contribution is -2.44. The van der Waals surface area contributed by atoms with Crippen molar-refractivity contribution in [2.24, 2.45) is 0 Å². The van der Waals surface area contributed by atoms with Gasteiger partial charge in [-0.05, 0) is 73.0 Å². The van der Waals surface area contributed by atoms with Crippen LogP contribution in [0.3, 0.4) is 0 Å². The number of benzene rings is 2. The van der Waals surface area contributed by atoms with Crippen LogP contribution in [0.5, 0.6) is 0 Å². The number of rotatable bonds is 5. The number of hydrogen-bond donors (Lipinski definition) is 1. The number of aryl methyl sites for hydroxylation is 1. The molecule has 5 aromatic rings. The number of imidazole rings is 1.